The lowest BCUT2D eigenvalue weighted by Crippen LogP contribution is -2.57. The first-order valence-corrected chi connectivity index (χ1v) is 9.62. The van der Waals surface area contributed by atoms with Crippen molar-refractivity contribution in [3.8, 4) is 5.75 Å². The molecule has 3 amide bonds. The Morgan fingerprint density at radius 1 is 1.25 bits per heavy atom. The smallest absolute Gasteiger partial charge is 0.345 e. The van der Waals surface area contributed by atoms with Gasteiger partial charge in [0.2, 0.25) is 0 Å². The van der Waals surface area contributed by atoms with Crippen LogP contribution >= 0.6 is 0 Å². The molecule has 2 spiro atoms. The maximum atomic E-state index is 13.6. The van der Waals surface area contributed by atoms with Crippen LogP contribution in [-0.4, -0.2) is 40.7 Å². The molecule has 4 rings (SSSR count). The Morgan fingerprint density at radius 2 is 1.93 bits per heavy atom. The van der Waals surface area contributed by atoms with Crippen molar-refractivity contribution in [1.82, 2.24) is 10.2 Å². The Morgan fingerprint density at radius 3 is 2.50 bits per heavy atom. The second-order valence-corrected chi connectivity index (χ2v) is 8.34. The molecular weight excluding hydrogens is 370 g/mol. The first-order valence-electron chi connectivity index (χ1n) is 9.62. The van der Waals surface area contributed by atoms with Gasteiger partial charge in [-0.15, -0.1) is 0 Å². The van der Waals surface area contributed by atoms with Gasteiger partial charge in [-0.3, -0.25) is 9.69 Å². The van der Waals surface area contributed by atoms with Crippen LogP contribution in [0, 0.1) is 5.41 Å². The van der Waals surface area contributed by atoms with Crippen molar-refractivity contribution in [1.29, 1.82) is 0 Å². The quantitative estimate of drug-likeness (QED) is 0.772. The molecule has 0 radical (unpaired) electrons. The predicted molar refractivity (Wildman–Crippen MR) is 95.8 cm³/mol. The van der Waals surface area contributed by atoms with Crippen molar-refractivity contribution in [3.05, 3.63) is 29.3 Å². The monoisotopic (exact) mass is 394 g/mol. The van der Waals surface area contributed by atoms with E-state index in [0.29, 0.717) is 37.7 Å². The number of fused-ring (bicyclic) bond motifs is 3. The number of phenols is 1. The number of hydrogen-bond acceptors (Lipinski definition) is 4. The van der Waals surface area contributed by atoms with Gasteiger partial charge in [0.05, 0.1) is 6.10 Å². The third kappa shape index (κ3) is 2.53. The van der Waals surface area contributed by atoms with Crippen LogP contribution in [0.2, 0.25) is 0 Å². The summed E-state index contributed by atoms with van der Waals surface area (Å²) < 4.78 is 29.9. The van der Waals surface area contributed by atoms with Crippen LogP contribution in [-0.2, 0) is 21.5 Å². The fourth-order valence-corrected chi connectivity index (χ4v) is 5.39. The number of halogens is 2. The molecule has 0 aromatic heterocycles. The molecule has 1 saturated carbocycles. The van der Waals surface area contributed by atoms with E-state index in [0.717, 1.165) is 5.56 Å². The number of carbonyl (C=O) groups is 2. The number of carbonyl (C=O) groups excluding carboxylic acids is 2. The number of amides is 3. The number of benzene rings is 1. The van der Waals surface area contributed by atoms with E-state index in [1.54, 1.807) is 32.0 Å². The van der Waals surface area contributed by atoms with Gasteiger partial charge in [-0.05, 0) is 69.2 Å². The minimum atomic E-state index is -2.82. The summed E-state index contributed by atoms with van der Waals surface area (Å²) in [6.45, 7) is 0.721. The first kappa shape index (κ1) is 19.1. The molecule has 8 heteroatoms. The number of alkyl halides is 2. The number of urea groups is 1. The molecule has 1 aromatic carbocycles. The van der Waals surface area contributed by atoms with Crippen molar-refractivity contribution in [3.63, 3.8) is 0 Å². The van der Waals surface area contributed by atoms with Gasteiger partial charge in [-0.1, -0.05) is 6.07 Å². The Balaban J connectivity index is 1.78. The third-order valence-corrected chi connectivity index (χ3v) is 6.58. The molecule has 0 bridgehead atoms. The number of phenolic OH excluding ortho intramolecular Hbond substituents is 1. The highest BCUT2D eigenvalue weighted by Gasteiger charge is 2.68. The van der Waals surface area contributed by atoms with Crippen LogP contribution < -0.4 is 5.32 Å². The van der Waals surface area contributed by atoms with Crippen molar-refractivity contribution >= 4 is 11.9 Å². The molecule has 2 N–H and O–H groups in total. The average Bonchev–Trinajstić information content (AvgIpc) is 3.03. The van der Waals surface area contributed by atoms with E-state index in [1.807, 2.05) is 0 Å². The molecule has 1 saturated heterocycles. The van der Waals surface area contributed by atoms with Gasteiger partial charge < -0.3 is 15.2 Å². The molecule has 1 unspecified atom stereocenters. The number of nitrogens with one attached hydrogen (secondary N) is 1. The van der Waals surface area contributed by atoms with E-state index in [-0.39, 0.29) is 17.7 Å². The molecule has 2 fully saturated rings. The molecular formula is C20H24F2N2O4. The molecule has 1 aliphatic heterocycles. The minimum Gasteiger partial charge on any atom is -0.508 e. The number of rotatable bonds is 3. The molecule has 6 nitrogen and oxygen atoms in total. The Labute approximate surface area is 161 Å². The van der Waals surface area contributed by atoms with Crippen LogP contribution in [0.3, 0.4) is 0 Å². The lowest BCUT2D eigenvalue weighted by molar-refractivity contribution is -0.179. The topological polar surface area (TPSA) is 78.9 Å². The summed E-state index contributed by atoms with van der Waals surface area (Å²) in [6, 6.07) is 4.12. The SMILES string of the molecule is CC(C)N1C(=O)NC2(C1=O)c1cc(O)ccc1CC21CCC(OC(F)F)CC1. The summed E-state index contributed by atoms with van der Waals surface area (Å²) >= 11 is 0. The highest BCUT2D eigenvalue weighted by atomic mass is 19.3. The second-order valence-electron chi connectivity index (χ2n) is 8.34. The van der Waals surface area contributed by atoms with Gasteiger partial charge in [0.1, 0.15) is 5.75 Å². The summed E-state index contributed by atoms with van der Waals surface area (Å²) in [7, 11) is 0. The number of aromatic hydroxyl groups is 1. The summed E-state index contributed by atoms with van der Waals surface area (Å²) in [5, 5.41) is 13.0. The maximum Gasteiger partial charge on any atom is 0.345 e. The molecule has 2 aliphatic carbocycles. The average molecular weight is 394 g/mol. The van der Waals surface area contributed by atoms with Gasteiger partial charge in [-0.2, -0.15) is 8.78 Å². The molecule has 152 valence electrons. The predicted octanol–water partition coefficient (Wildman–Crippen LogP) is 3.27. The molecule has 1 heterocycles. The molecule has 1 atom stereocenters. The number of ether oxygens (including phenoxy) is 1. The largest absolute Gasteiger partial charge is 0.508 e. The number of imide groups is 1. The fourth-order valence-electron chi connectivity index (χ4n) is 5.39. The summed E-state index contributed by atoms with van der Waals surface area (Å²) in [4.78, 5) is 27.5. The van der Waals surface area contributed by atoms with Crippen LogP contribution in [0.25, 0.3) is 0 Å². The van der Waals surface area contributed by atoms with Gasteiger partial charge in [0, 0.05) is 11.5 Å². The summed E-state index contributed by atoms with van der Waals surface area (Å²) in [6.07, 6.45) is 1.69. The van der Waals surface area contributed by atoms with Crippen molar-refractivity contribution in [2.75, 3.05) is 0 Å². The van der Waals surface area contributed by atoms with Crippen molar-refractivity contribution in [2.45, 2.75) is 70.2 Å². The van der Waals surface area contributed by atoms with Crippen LogP contribution in [0.15, 0.2) is 18.2 Å². The molecule has 3 aliphatic rings. The van der Waals surface area contributed by atoms with E-state index in [1.165, 1.54) is 4.90 Å². The highest BCUT2D eigenvalue weighted by Crippen LogP contribution is 2.60. The Hall–Kier alpha value is -2.22. The number of hydrogen-bond donors (Lipinski definition) is 2. The fraction of sp³-hybridized carbons (Fsp3) is 0.600. The standard InChI is InChI=1S/C20H24F2N2O4/c1-11(2)24-16(26)20(23-18(24)27)15-9-13(25)4-3-12(15)10-19(20)7-5-14(6-8-19)28-17(21)22/h3-4,9,11,14,17,25H,5-8,10H2,1-2H3,(H,23,27). The van der Waals surface area contributed by atoms with Crippen molar-refractivity contribution < 1.29 is 28.2 Å². The zero-order valence-electron chi connectivity index (χ0n) is 15.9. The molecule has 1 aromatic rings. The van der Waals surface area contributed by atoms with Crippen LogP contribution in [0.5, 0.6) is 5.75 Å². The number of nitrogens with zero attached hydrogens (tertiary/aromatic N) is 1. The van der Waals surface area contributed by atoms with E-state index in [4.69, 9.17) is 4.74 Å². The third-order valence-electron chi connectivity index (χ3n) is 6.58. The van der Waals surface area contributed by atoms with Crippen LogP contribution in [0.1, 0.15) is 50.7 Å². The van der Waals surface area contributed by atoms with Gasteiger partial charge >= 0.3 is 12.6 Å². The van der Waals surface area contributed by atoms with Crippen LogP contribution in [0.4, 0.5) is 13.6 Å². The Bertz CT molecular complexity index is 820. The van der Waals surface area contributed by atoms with Crippen molar-refractivity contribution in [2.24, 2.45) is 5.41 Å². The lowest BCUT2D eigenvalue weighted by Gasteiger charge is -2.46. The van der Waals surface area contributed by atoms with Gasteiger partial charge in [-0.25, -0.2) is 4.79 Å². The highest BCUT2D eigenvalue weighted by molar-refractivity contribution is 6.09. The molecule has 28 heavy (non-hydrogen) atoms. The lowest BCUT2D eigenvalue weighted by atomic mass is 9.61. The van der Waals surface area contributed by atoms with E-state index >= 15 is 0 Å². The summed E-state index contributed by atoms with van der Waals surface area (Å²) in [5.41, 5.74) is -0.396. The van der Waals surface area contributed by atoms with E-state index < -0.39 is 29.7 Å². The first-order chi connectivity index (χ1) is 13.2. The van der Waals surface area contributed by atoms with E-state index in [9.17, 15) is 23.5 Å². The minimum absolute atomic E-state index is 0.0231. The maximum absolute atomic E-state index is 13.6. The second kappa shape index (κ2) is 6.40. The van der Waals surface area contributed by atoms with E-state index in [2.05, 4.69) is 5.32 Å². The van der Waals surface area contributed by atoms with Gasteiger partial charge in [0.25, 0.3) is 5.91 Å². The zero-order chi connectivity index (χ0) is 20.3. The Kier molecular flexibility index (Phi) is 4.37. The zero-order valence-corrected chi connectivity index (χ0v) is 15.9. The summed E-state index contributed by atoms with van der Waals surface area (Å²) in [5.74, 6) is -0.306. The van der Waals surface area contributed by atoms with Gasteiger partial charge in [0.15, 0.2) is 5.54 Å². The normalized spacial score (nSPS) is 32.1.